The number of hydrogen-bond acceptors (Lipinski definition) is 2. The Bertz CT molecular complexity index is 453. The molecule has 0 aromatic heterocycles. The summed E-state index contributed by atoms with van der Waals surface area (Å²) in [5, 5.41) is 19.1. The highest BCUT2D eigenvalue weighted by Gasteiger charge is 2.29. The smallest absolute Gasteiger partial charge is 0.118 e. The summed E-state index contributed by atoms with van der Waals surface area (Å²) >= 11 is 0. The number of aromatic hydroxyl groups is 1. The molecule has 114 valence electrons. The monoisotopic (exact) mass is 278 g/mol. The van der Waals surface area contributed by atoms with E-state index in [1.807, 2.05) is 13.0 Å². The van der Waals surface area contributed by atoms with Gasteiger partial charge in [0.05, 0.1) is 0 Å². The van der Waals surface area contributed by atoms with Crippen LogP contribution in [0.1, 0.15) is 64.2 Å². The third-order valence-corrected chi connectivity index (χ3v) is 3.73. The zero-order chi connectivity index (χ0) is 15.6. The standard InChI is InChI=1S/C18H30O2/c1-13-10-14(8-7-9-19)15(11-16(13)20)18(5,6)12-17(2,3)4/h10-11,19-20H,7-9,12H2,1-6H3. The maximum Gasteiger partial charge on any atom is 0.118 e. The molecule has 1 aromatic rings. The SMILES string of the molecule is Cc1cc(CCCO)c(C(C)(C)CC(C)(C)C)cc1O. The zero-order valence-electron chi connectivity index (χ0n) is 13.9. The van der Waals surface area contributed by atoms with Crippen molar-refractivity contribution in [2.75, 3.05) is 6.61 Å². The lowest BCUT2D eigenvalue weighted by molar-refractivity contribution is 0.278. The molecule has 1 rings (SSSR count). The molecule has 0 fully saturated rings. The summed E-state index contributed by atoms with van der Waals surface area (Å²) < 4.78 is 0. The quantitative estimate of drug-likeness (QED) is 0.841. The van der Waals surface area contributed by atoms with Crippen LogP contribution in [0.25, 0.3) is 0 Å². The van der Waals surface area contributed by atoms with E-state index in [0.717, 1.165) is 24.8 Å². The summed E-state index contributed by atoms with van der Waals surface area (Å²) in [6, 6.07) is 4.00. The van der Waals surface area contributed by atoms with Crippen molar-refractivity contribution in [1.82, 2.24) is 0 Å². The summed E-state index contributed by atoms with van der Waals surface area (Å²) in [6.45, 7) is 13.4. The predicted molar refractivity (Wildman–Crippen MR) is 85.3 cm³/mol. The summed E-state index contributed by atoms with van der Waals surface area (Å²) in [4.78, 5) is 0. The number of phenols is 1. The van der Waals surface area contributed by atoms with Crippen molar-refractivity contribution < 1.29 is 10.2 Å². The highest BCUT2D eigenvalue weighted by Crippen LogP contribution is 2.40. The number of aliphatic hydroxyl groups is 1. The fourth-order valence-electron chi connectivity index (χ4n) is 3.28. The number of aryl methyl sites for hydroxylation is 2. The van der Waals surface area contributed by atoms with Crippen LogP contribution in [0.3, 0.4) is 0 Å². The van der Waals surface area contributed by atoms with E-state index < -0.39 is 0 Å². The first-order valence-corrected chi connectivity index (χ1v) is 7.51. The molecule has 2 heteroatoms. The van der Waals surface area contributed by atoms with E-state index in [0.29, 0.717) is 5.75 Å². The minimum Gasteiger partial charge on any atom is -0.508 e. The first-order chi connectivity index (χ1) is 9.07. The number of hydrogen-bond donors (Lipinski definition) is 2. The summed E-state index contributed by atoms with van der Waals surface area (Å²) in [7, 11) is 0. The second kappa shape index (κ2) is 6.17. The highest BCUT2D eigenvalue weighted by atomic mass is 16.3. The minimum absolute atomic E-state index is 0.00815. The third-order valence-electron chi connectivity index (χ3n) is 3.73. The van der Waals surface area contributed by atoms with E-state index in [1.54, 1.807) is 0 Å². The molecular weight excluding hydrogens is 248 g/mol. The van der Waals surface area contributed by atoms with Crippen molar-refractivity contribution in [1.29, 1.82) is 0 Å². The summed E-state index contributed by atoms with van der Waals surface area (Å²) in [5.41, 5.74) is 3.62. The molecule has 2 nitrogen and oxygen atoms in total. The molecular formula is C18H30O2. The molecule has 0 radical (unpaired) electrons. The Morgan fingerprint density at radius 3 is 2.15 bits per heavy atom. The largest absolute Gasteiger partial charge is 0.508 e. The van der Waals surface area contributed by atoms with Crippen molar-refractivity contribution >= 4 is 0 Å². The Balaban J connectivity index is 3.23. The van der Waals surface area contributed by atoms with Gasteiger partial charge in [-0.3, -0.25) is 0 Å². The molecule has 0 aliphatic heterocycles. The highest BCUT2D eigenvalue weighted by molar-refractivity contribution is 5.44. The average Bonchev–Trinajstić information content (AvgIpc) is 2.26. The normalized spacial score (nSPS) is 12.8. The fraction of sp³-hybridized carbons (Fsp3) is 0.667. The van der Waals surface area contributed by atoms with E-state index >= 15 is 0 Å². The lowest BCUT2D eigenvalue weighted by Crippen LogP contribution is -2.26. The second-order valence-corrected chi connectivity index (χ2v) is 7.74. The number of aliphatic hydroxyl groups excluding tert-OH is 1. The van der Waals surface area contributed by atoms with Crippen LogP contribution in [0, 0.1) is 12.3 Å². The third kappa shape index (κ3) is 4.52. The molecule has 0 heterocycles. The maximum absolute atomic E-state index is 10.1. The lowest BCUT2D eigenvalue weighted by atomic mass is 9.70. The average molecular weight is 278 g/mol. The summed E-state index contributed by atoms with van der Waals surface area (Å²) in [6.07, 6.45) is 2.68. The van der Waals surface area contributed by atoms with Gasteiger partial charge in [-0.25, -0.2) is 0 Å². The Hall–Kier alpha value is -1.02. The van der Waals surface area contributed by atoms with Crippen molar-refractivity contribution in [3.05, 3.63) is 28.8 Å². The number of rotatable bonds is 5. The molecule has 0 aliphatic rings. The van der Waals surface area contributed by atoms with Crippen molar-refractivity contribution in [3.63, 3.8) is 0 Å². The van der Waals surface area contributed by atoms with Gasteiger partial charge in [0.2, 0.25) is 0 Å². The van der Waals surface area contributed by atoms with Crippen LogP contribution < -0.4 is 0 Å². The molecule has 0 amide bonds. The Labute approximate surface area is 123 Å². The van der Waals surface area contributed by atoms with E-state index in [-0.39, 0.29) is 17.4 Å². The predicted octanol–water partition coefficient (Wildman–Crippen LogP) is 4.34. The van der Waals surface area contributed by atoms with Crippen LogP contribution in [0.2, 0.25) is 0 Å². The molecule has 0 atom stereocenters. The Morgan fingerprint density at radius 2 is 1.65 bits per heavy atom. The Kier molecular flexibility index (Phi) is 5.26. The van der Waals surface area contributed by atoms with Crippen molar-refractivity contribution in [2.45, 2.75) is 66.2 Å². The first-order valence-electron chi connectivity index (χ1n) is 7.51. The zero-order valence-corrected chi connectivity index (χ0v) is 13.9. The van der Waals surface area contributed by atoms with E-state index in [2.05, 4.69) is 40.7 Å². The molecule has 0 spiro atoms. The van der Waals surface area contributed by atoms with Crippen LogP contribution >= 0.6 is 0 Å². The van der Waals surface area contributed by atoms with Gasteiger partial charge in [0.25, 0.3) is 0 Å². The van der Waals surface area contributed by atoms with Gasteiger partial charge in [0, 0.05) is 6.61 Å². The van der Waals surface area contributed by atoms with Gasteiger partial charge >= 0.3 is 0 Å². The van der Waals surface area contributed by atoms with Gasteiger partial charge in [0.15, 0.2) is 0 Å². The van der Waals surface area contributed by atoms with E-state index in [9.17, 15) is 5.11 Å². The Morgan fingerprint density at radius 1 is 1.05 bits per heavy atom. The molecule has 0 unspecified atom stereocenters. The van der Waals surface area contributed by atoms with Gasteiger partial charge < -0.3 is 10.2 Å². The molecule has 0 saturated heterocycles. The van der Waals surface area contributed by atoms with Gasteiger partial charge in [-0.15, -0.1) is 0 Å². The fourth-order valence-corrected chi connectivity index (χ4v) is 3.28. The number of phenolic OH excluding ortho intramolecular Hbond substituents is 1. The second-order valence-electron chi connectivity index (χ2n) is 7.74. The molecule has 0 bridgehead atoms. The van der Waals surface area contributed by atoms with Gasteiger partial charge in [-0.1, -0.05) is 40.7 Å². The van der Waals surface area contributed by atoms with E-state index in [4.69, 9.17) is 5.11 Å². The van der Waals surface area contributed by atoms with Crippen LogP contribution in [0.15, 0.2) is 12.1 Å². The molecule has 1 aromatic carbocycles. The van der Waals surface area contributed by atoms with Crippen molar-refractivity contribution in [2.24, 2.45) is 5.41 Å². The molecule has 0 aliphatic carbocycles. The molecule has 20 heavy (non-hydrogen) atoms. The van der Waals surface area contributed by atoms with Crippen LogP contribution in [-0.4, -0.2) is 16.8 Å². The van der Waals surface area contributed by atoms with Crippen LogP contribution in [0.4, 0.5) is 0 Å². The molecule has 0 saturated carbocycles. The lowest BCUT2D eigenvalue weighted by Gasteiger charge is -2.35. The summed E-state index contributed by atoms with van der Waals surface area (Å²) in [5.74, 6) is 0.370. The van der Waals surface area contributed by atoms with Gasteiger partial charge in [-0.05, 0) is 59.8 Å². The van der Waals surface area contributed by atoms with Gasteiger partial charge in [0.1, 0.15) is 5.75 Å². The first kappa shape index (κ1) is 17.0. The van der Waals surface area contributed by atoms with Crippen molar-refractivity contribution in [3.8, 4) is 5.75 Å². The van der Waals surface area contributed by atoms with Gasteiger partial charge in [-0.2, -0.15) is 0 Å². The molecule has 2 N–H and O–H groups in total. The topological polar surface area (TPSA) is 40.5 Å². The minimum atomic E-state index is 0.00815. The number of benzene rings is 1. The maximum atomic E-state index is 10.1. The van der Waals surface area contributed by atoms with E-state index in [1.165, 1.54) is 11.1 Å². The van der Waals surface area contributed by atoms with Crippen LogP contribution in [0.5, 0.6) is 5.75 Å². The van der Waals surface area contributed by atoms with Crippen LogP contribution in [-0.2, 0) is 11.8 Å².